The van der Waals surface area contributed by atoms with Gasteiger partial charge >= 0.3 is 0 Å². The van der Waals surface area contributed by atoms with Crippen molar-refractivity contribution in [2.24, 2.45) is 7.05 Å². The first-order valence-electron chi connectivity index (χ1n) is 7.16. The van der Waals surface area contributed by atoms with Gasteiger partial charge in [-0.05, 0) is 31.5 Å². The predicted molar refractivity (Wildman–Crippen MR) is 81.2 cm³/mol. The highest BCUT2D eigenvalue weighted by Gasteiger charge is 2.16. The number of nitrogens with one attached hydrogen (secondary N) is 1. The van der Waals surface area contributed by atoms with E-state index in [-0.39, 0.29) is 0 Å². The molecule has 0 amide bonds. The Balaban J connectivity index is 2.32. The van der Waals surface area contributed by atoms with Crippen LogP contribution >= 0.6 is 0 Å². The van der Waals surface area contributed by atoms with Crippen LogP contribution in [0.25, 0.3) is 0 Å². The fraction of sp³-hybridized carbons (Fsp3) is 0.438. The van der Waals surface area contributed by atoms with Gasteiger partial charge in [0, 0.05) is 13.6 Å². The van der Waals surface area contributed by atoms with Crippen molar-refractivity contribution in [2.75, 3.05) is 6.54 Å². The van der Waals surface area contributed by atoms with E-state index in [1.54, 1.807) is 0 Å². The second kappa shape index (κ2) is 6.57. The monoisotopic (exact) mass is 273 g/mol. The van der Waals surface area contributed by atoms with Gasteiger partial charge in [0.25, 0.3) is 0 Å². The van der Waals surface area contributed by atoms with Crippen molar-refractivity contribution in [1.29, 1.82) is 0 Å². The zero-order valence-electron chi connectivity index (χ0n) is 12.7. The van der Waals surface area contributed by atoms with E-state index < -0.39 is 0 Å². The summed E-state index contributed by atoms with van der Waals surface area (Å²) in [7, 11) is 1.92. The van der Waals surface area contributed by atoms with Gasteiger partial charge in [-0.3, -0.25) is 0 Å². The summed E-state index contributed by atoms with van der Waals surface area (Å²) in [5.74, 6) is 1.74. The first-order valence-corrected chi connectivity index (χ1v) is 7.16. The molecule has 0 spiro atoms. The number of aryl methyl sites for hydroxylation is 3. The van der Waals surface area contributed by atoms with Gasteiger partial charge in [0.2, 0.25) is 5.88 Å². The Bertz CT molecular complexity index is 575. The van der Waals surface area contributed by atoms with Gasteiger partial charge in [0.1, 0.15) is 5.75 Å². The molecule has 0 radical (unpaired) electrons. The summed E-state index contributed by atoms with van der Waals surface area (Å²) >= 11 is 0. The summed E-state index contributed by atoms with van der Waals surface area (Å²) in [5, 5.41) is 7.81. The van der Waals surface area contributed by atoms with Crippen LogP contribution in [-0.2, 0) is 20.0 Å². The summed E-state index contributed by atoms with van der Waals surface area (Å²) in [6, 6.07) is 8.15. The van der Waals surface area contributed by atoms with E-state index in [4.69, 9.17) is 4.74 Å². The van der Waals surface area contributed by atoms with Crippen LogP contribution in [0.3, 0.4) is 0 Å². The molecule has 20 heavy (non-hydrogen) atoms. The zero-order valence-corrected chi connectivity index (χ0v) is 12.7. The zero-order chi connectivity index (χ0) is 14.5. The Labute approximate surface area is 120 Å². The first-order chi connectivity index (χ1) is 9.67. The molecular formula is C16H23N3O. The summed E-state index contributed by atoms with van der Waals surface area (Å²) in [6.07, 6.45) is 0.954. The van der Waals surface area contributed by atoms with E-state index in [0.717, 1.165) is 42.4 Å². The van der Waals surface area contributed by atoms with Crippen LogP contribution < -0.4 is 10.1 Å². The maximum atomic E-state index is 6.14. The normalized spacial score (nSPS) is 10.8. The van der Waals surface area contributed by atoms with Crippen LogP contribution in [0.2, 0.25) is 0 Å². The van der Waals surface area contributed by atoms with Crippen molar-refractivity contribution >= 4 is 0 Å². The third-order valence-electron chi connectivity index (χ3n) is 3.40. The number of nitrogens with zero attached hydrogens (tertiary/aromatic N) is 2. The first kappa shape index (κ1) is 14.6. The lowest BCUT2D eigenvalue weighted by molar-refractivity contribution is 0.420. The van der Waals surface area contributed by atoms with Gasteiger partial charge in [0.05, 0.1) is 11.3 Å². The van der Waals surface area contributed by atoms with E-state index in [9.17, 15) is 0 Å². The van der Waals surface area contributed by atoms with Crippen LogP contribution in [0, 0.1) is 6.92 Å². The molecule has 0 aliphatic rings. The lowest BCUT2D eigenvalue weighted by Gasteiger charge is -2.12. The molecule has 108 valence electrons. The molecule has 2 rings (SSSR count). The van der Waals surface area contributed by atoms with Crippen molar-refractivity contribution in [1.82, 2.24) is 15.1 Å². The lowest BCUT2D eigenvalue weighted by Crippen LogP contribution is -2.13. The Morgan fingerprint density at radius 2 is 2.00 bits per heavy atom. The second-order valence-corrected chi connectivity index (χ2v) is 4.84. The molecule has 4 nitrogen and oxygen atoms in total. The number of hydrogen-bond donors (Lipinski definition) is 1. The van der Waals surface area contributed by atoms with Crippen LogP contribution in [-0.4, -0.2) is 16.3 Å². The molecule has 0 aliphatic carbocycles. The van der Waals surface area contributed by atoms with Crippen LogP contribution in [0.4, 0.5) is 0 Å². The molecule has 1 heterocycles. The number of para-hydroxylation sites is 1. The molecule has 0 saturated heterocycles. The fourth-order valence-corrected chi connectivity index (χ4v) is 2.26. The van der Waals surface area contributed by atoms with E-state index in [1.807, 2.05) is 36.9 Å². The molecule has 2 aromatic rings. The molecule has 4 heteroatoms. The van der Waals surface area contributed by atoms with Crippen molar-refractivity contribution in [3.05, 3.63) is 41.1 Å². The number of aromatic nitrogens is 2. The smallest absolute Gasteiger partial charge is 0.222 e. The molecule has 1 aromatic heterocycles. The molecular weight excluding hydrogens is 250 g/mol. The Kier molecular flexibility index (Phi) is 4.79. The van der Waals surface area contributed by atoms with Crippen molar-refractivity contribution < 1.29 is 4.74 Å². The molecule has 0 unspecified atom stereocenters. The summed E-state index contributed by atoms with van der Waals surface area (Å²) in [4.78, 5) is 0. The van der Waals surface area contributed by atoms with Crippen LogP contribution in [0.1, 0.15) is 30.7 Å². The van der Waals surface area contributed by atoms with Crippen LogP contribution in [0.15, 0.2) is 24.3 Å². The Morgan fingerprint density at radius 1 is 1.25 bits per heavy atom. The molecule has 0 aliphatic heterocycles. The Hall–Kier alpha value is -1.81. The van der Waals surface area contributed by atoms with E-state index >= 15 is 0 Å². The fourth-order valence-electron chi connectivity index (χ4n) is 2.26. The van der Waals surface area contributed by atoms with Gasteiger partial charge in [-0.2, -0.15) is 5.10 Å². The SMILES string of the molecule is CCNCc1c(C)nn(C)c1Oc1ccccc1CC. The largest absolute Gasteiger partial charge is 0.439 e. The number of benzene rings is 1. The highest BCUT2D eigenvalue weighted by atomic mass is 16.5. The minimum atomic E-state index is 0.778. The summed E-state index contributed by atoms with van der Waals surface area (Å²) < 4.78 is 7.95. The van der Waals surface area contributed by atoms with E-state index in [0.29, 0.717) is 0 Å². The quantitative estimate of drug-likeness (QED) is 0.878. The topological polar surface area (TPSA) is 39.1 Å². The van der Waals surface area contributed by atoms with E-state index in [2.05, 4.69) is 30.3 Å². The standard InChI is InChI=1S/C16H23N3O/c1-5-13-9-7-8-10-15(13)20-16-14(11-17-6-2)12(3)18-19(16)4/h7-10,17H,5-6,11H2,1-4H3. The minimum absolute atomic E-state index is 0.778. The van der Waals surface area contributed by atoms with Crippen molar-refractivity contribution in [3.63, 3.8) is 0 Å². The average molecular weight is 273 g/mol. The molecule has 1 aromatic carbocycles. The molecule has 0 atom stereocenters. The Morgan fingerprint density at radius 3 is 2.70 bits per heavy atom. The molecule has 1 N–H and O–H groups in total. The van der Waals surface area contributed by atoms with Gasteiger partial charge in [-0.15, -0.1) is 0 Å². The van der Waals surface area contributed by atoms with E-state index in [1.165, 1.54) is 5.56 Å². The van der Waals surface area contributed by atoms with Gasteiger partial charge in [-0.25, -0.2) is 4.68 Å². The average Bonchev–Trinajstić information content (AvgIpc) is 2.71. The van der Waals surface area contributed by atoms with Gasteiger partial charge in [-0.1, -0.05) is 32.0 Å². The maximum Gasteiger partial charge on any atom is 0.222 e. The minimum Gasteiger partial charge on any atom is -0.439 e. The predicted octanol–water partition coefficient (Wildman–Crippen LogP) is 3.19. The number of hydrogen-bond acceptors (Lipinski definition) is 3. The van der Waals surface area contributed by atoms with Crippen LogP contribution in [0.5, 0.6) is 11.6 Å². The maximum absolute atomic E-state index is 6.14. The molecule has 0 bridgehead atoms. The molecule has 0 saturated carbocycles. The summed E-state index contributed by atoms with van der Waals surface area (Å²) in [5.41, 5.74) is 3.35. The third kappa shape index (κ3) is 3.02. The number of rotatable bonds is 6. The lowest BCUT2D eigenvalue weighted by atomic mass is 10.1. The van der Waals surface area contributed by atoms with Gasteiger partial charge in [0.15, 0.2) is 0 Å². The highest BCUT2D eigenvalue weighted by molar-refractivity contribution is 5.39. The summed E-state index contributed by atoms with van der Waals surface area (Å²) in [6.45, 7) is 7.96. The van der Waals surface area contributed by atoms with Crippen molar-refractivity contribution in [2.45, 2.75) is 33.7 Å². The number of ether oxygens (including phenoxy) is 1. The van der Waals surface area contributed by atoms with Gasteiger partial charge < -0.3 is 10.1 Å². The van der Waals surface area contributed by atoms with Crippen molar-refractivity contribution in [3.8, 4) is 11.6 Å². The molecule has 0 fully saturated rings. The highest BCUT2D eigenvalue weighted by Crippen LogP contribution is 2.29. The third-order valence-corrected chi connectivity index (χ3v) is 3.40. The second-order valence-electron chi connectivity index (χ2n) is 4.84.